The van der Waals surface area contributed by atoms with E-state index in [1.165, 1.54) is 19.1 Å². The molecule has 1 unspecified atom stereocenters. The molecule has 0 aromatic heterocycles. The molecule has 1 rings (SSSR count). The van der Waals surface area contributed by atoms with Gasteiger partial charge in [0.1, 0.15) is 11.5 Å². The Labute approximate surface area is 99.7 Å². The summed E-state index contributed by atoms with van der Waals surface area (Å²) in [6.07, 6.45) is 0. The quantitative estimate of drug-likeness (QED) is 0.686. The van der Waals surface area contributed by atoms with Crippen molar-refractivity contribution < 1.29 is 18.3 Å². The first-order valence-electron chi connectivity index (χ1n) is 4.40. The van der Waals surface area contributed by atoms with Crippen molar-refractivity contribution in [2.45, 2.75) is 18.4 Å². The Morgan fingerprint density at radius 3 is 2.62 bits per heavy atom. The predicted molar refractivity (Wildman–Crippen MR) is 59.8 cm³/mol. The summed E-state index contributed by atoms with van der Waals surface area (Å²) in [5, 5.41) is 0. The Balaban J connectivity index is 3.02. The number of rotatable bonds is 4. The van der Waals surface area contributed by atoms with Crippen molar-refractivity contribution >= 4 is 27.4 Å². The third-order valence-corrected chi connectivity index (χ3v) is 3.08. The second-order valence-corrected chi connectivity index (χ2v) is 4.06. The number of halogens is 3. The first-order valence-corrected chi connectivity index (χ1v) is 5.32. The van der Waals surface area contributed by atoms with E-state index in [1.54, 1.807) is 6.07 Å². The SMILES string of the molecule is CC(=O)C(Br)c1ccc(N)c(OC(F)F)c1. The van der Waals surface area contributed by atoms with Gasteiger partial charge in [0.15, 0.2) is 0 Å². The lowest BCUT2D eigenvalue weighted by atomic mass is 10.1. The maximum atomic E-state index is 12.0. The number of nitrogen functional groups attached to an aromatic ring is 1. The Morgan fingerprint density at radius 2 is 2.12 bits per heavy atom. The zero-order valence-corrected chi connectivity index (χ0v) is 10.0. The van der Waals surface area contributed by atoms with Crippen LogP contribution in [0.25, 0.3) is 0 Å². The molecule has 0 aliphatic rings. The molecule has 16 heavy (non-hydrogen) atoms. The Morgan fingerprint density at radius 1 is 1.50 bits per heavy atom. The largest absolute Gasteiger partial charge is 0.433 e. The van der Waals surface area contributed by atoms with E-state index < -0.39 is 11.4 Å². The maximum absolute atomic E-state index is 12.0. The lowest BCUT2D eigenvalue weighted by Crippen LogP contribution is -2.06. The summed E-state index contributed by atoms with van der Waals surface area (Å²) < 4.78 is 28.3. The van der Waals surface area contributed by atoms with Crippen LogP contribution in [0.3, 0.4) is 0 Å². The maximum Gasteiger partial charge on any atom is 0.387 e. The zero-order chi connectivity index (χ0) is 12.3. The average molecular weight is 294 g/mol. The highest BCUT2D eigenvalue weighted by Crippen LogP contribution is 2.31. The lowest BCUT2D eigenvalue weighted by molar-refractivity contribution is -0.116. The van der Waals surface area contributed by atoms with Crippen LogP contribution < -0.4 is 10.5 Å². The number of nitrogens with two attached hydrogens (primary N) is 1. The van der Waals surface area contributed by atoms with E-state index in [0.29, 0.717) is 5.56 Å². The van der Waals surface area contributed by atoms with Gasteiger partial charge in [-0.15, -0.1) is 0 Å². The predicted octanol–water partition coefficient (Wildman–Crippen LogP) is 2.90. The molecule has 0 saturated carbocycles. The van der Waals surface area contributed by atoms with Crippen LogP contribution in [-0.2, 0) is 4.79 Å². The first-order chi connectivity index (χ1) is 7.41. The van der Waals surface area contributed by atoms with Crippen molar-refractivity contribution in [1.29, 1.82) is 0 Å². The Kier molecular flexibility index (Phi) is 4.23. The molecule has 0 heterocycles. The zero-order valence-electron chi connectivity index (χ0n) is 8.41. The highest BCUT2D eigenvalue weighted by atomic mass is 79.9. The minimum Gasteiger partial charge on any atom is -0.433 e. The summed E-state index contributed by atoms with van der Waals surface area (Å²) >= 11 is 3.14. The van der Waals surface area contributed by atoms with Gasteiger partial charge in [-0.2, -0.15) is 8.78 Å². The molecule has 0 fully saturated rings. The molecule has 0 aliphatic heterocycles. The molecule has 0 spiro atoms. The molecule has 1 aromatic carbocycles. The second kappa shape index (κ2) is 5.25. The summed E-state index contributed by atoms with van der Waals surface area (Å²) in [6.45, 7) is -1.55. The third kappa shape index (κ3) is 3.16. The van der Waals surface area contributed by atoms with Gasteiger partial charge in [-0.1, -0.05) is 22.0 Å². The molecule has 2 N–H and O–H groups in total. The van der Waals surface area contributed by atoms with E-state index in [-0.39, 0.29) is 17.2 Å². The number of hydrogen-bond donors (Lipinski definition) is 1. The third-order valence-electron chi connectivity index (χ3n) is 1.90. The lowest BCUT2D eigenvalue weighted by Gasteiger charge is -2.11. The summed E-state index contributed by atoms with van der Waals surface area (Å²) in [7, 11) is 0. The van der Waals surface area contributed by atoms with Crippen LogP contribution in [0.15, 0.2) is 18.2 Å². The molecular weight excluding hydrogens is 284 g/mol. The van der Waals surface area contributed by atoms with Gasteiger partial charge in [0.25, 0.3) is 0 Å². The molecule has 3 nitrogen and oxygen atoms in total. The van der Waals surface area contributed by atoms with E-state index >= 15 is 0 Å². The number of anilines is 1. The molecule has 0 saturated heterocycles. The van der Waals surface area contributed by atoms with Crippen LogP contribution >= 0.6 is 15.9 Å². The molecule has 0 bridgehead atoms. The molecule has 88 valence electrons. The minimum atomic E-state index is -2.94. The molecule has 6 heteroatoms. The monoisotopic (exact) mass is 293 g/mol. The Hall–Kier alpha value is -1.17. The standard InChI is InChI=1S/C10H10BrF2NO2/c1-5(15)9(11)6-2-3-7(14)8(4-6)16-10(12)13/h2-4,9-10H,14H2,1H3. The van der Waals surface area contributed by atoms with Crippen LogP contribution in [0.4, 0.5) is 14.5 Å². The summed E-state index contributed by atoms with van der Waals surface area (Å²) in [4.78, 5) is 10.5. The smallest absolute Gasteiger partial charge is 0.387 e. The van der Waals surface area contributed by atoms with Crippen molar-refractivity contribution in [3.63, 3.8) is 0 Å². The van der Waals surface area contributed by atoms with Crippen LogP contribution in [0.5, 0.6) is 5.75 Å². The number of carbonyl (C=O) groups is 1. The molecule has 1 atom stereocenters. The minimum absolute atomic E-state index is 0.104. The molecule has 0 aliphatic carbocycles. The van der Waals surface area contributed by atoms with Crippen molar-refractivity contribution in [2.24, 2.45) is 0 Å². The summed E-state index contributed by atoms with van der Waals surface area (Å²) in [6, 6.07) is 4.32. The topological polar surface area (TPSA) is 52.3 Å². The van der Waals surface area contributed by atoms with Gasteiger partial charge < -0.3 is 10.5 Å². The molecule has 1 aromatic rings. The second-order valence-electron chi connectivity index (χ2n) is 3.15. The first kappa shape index (κ1) is 12.9. The van der Waals surface area contributed by atoms with Crippen molar-refractivity contribution in [1.82, 2.24) is 0 Å². The number of ketones is 1. The van der Waals surface area contributed by atoms with Gasteiger partial charge in [0.05, 0.1) is 10.5 Å². The van der Waals surface area contributed by atoms with Gasteiger partial charge in [-0.05, 0) is 24.6 Å². The van der Waals surface area contributed by atoms with Gasteiger partial charge in [0.2, 0.25) is 0 Å². The van der Waals surface area contributed by atoms with E-state index in [0.717, 1.165) is 0 Å². The highest BCUT2D eigenvalue weighted by molar-refractivity contribution is 9.09. The van der Waals surface area contributed by atoms with E-state index in [1.807, 2.05) is 0 Å². The van der Waals surface area contributed by atoms with Gasteiger partial charge in [0, 0.05) is 0 Å². The average Bonchev–Trinajstić information content (AvgIpc) is 2.19. The summed E-state index contributed by atoms with van der Waals surface area (Å²) in [5.74, 6) is -0.258. The number of alkyl halides is 3. The number of benzene rings is 1. The van der Waals surface area contributed by atoms with Crippen LogP contribution in [0.1, 0.15) is 17.3 Å². The van der Waals surface area contributed by atoms with Gasteiger partial charge >= 0.3 is 6.61 Å². The van der Waals surface area contributed by atoms with E-state index in [9.17, 15) is 13.6 Å². The fourth-order valence-electron chi connectivity index (χ4n) is 1.14. The van der Waals surface area contributed by atoms with Gasteiger partial charge in [-0.3, -0.25) is 4.79 Å². The van der Waals surface area contributed by atoms with Gasteiger partial charge in [-0.25, -0.2) is 0 Å². The van der Waals surface area contributed by atoms with Crippen LogP contribution in [0, 0.1) is 0 Å². The molecule has 0 radical (unpaired) electrons. The van der Waals surface area contributed by atoms with Crippen LogP contribution in [0.2, 0.25) is 0 Å². The van der Waals surface area contributed by atoms with Crippen molar-refractivity contribution in [2.75, 3.05) is 5.73 Å². The number of Topliss-reactive ketones (excluding diaryl/α,β-unsaturated/α-hetero) is 1. The van der Waals surface area contributed by atoms with Crippen LogP contribution in [-0.4, -0.2) is 12.4 Å². The van der Waals surface area contributed by atoms with Crippen molar-refractivity contribution in [3.8, 4) is 5.75 Å². The summed E-state index contributed by atoms with van der Waals surface area (Å²) in [5.41, 5.74) is 6.08. The normalized spacial score (nSPS) is 12.6. The van der Waals surface area contributed by atoms with E-state index in [4.69, 9.17) is 5.73 Å². The number of carbonyl (C=O) groups excluding carboxylic acids is 1. The molecule has 0 amide bonds. The number of ether oxygens (including phenoxy) is 1. The van der Waals surface area contributed by atoms with E-state index in [2.05, 4.69) is 20.7 Å². The Bertz CT molecular complexity index is 398. The highest BCUT2D eigenvalue weighted by Gasteiger charge is 2.15. The fraction of sp³-hybridized carbons (Fsp3) is 0.300. The number of hydrogen-bond acceptors (Lipinski definition) is 3. The van der Waals surface area contributed by atoms with Crippen molar-refractivity contribution in [3.05, 3.63) is 23.8 Å². The fourth-order valence-corrected chi connectivity index (χ4v) is 1.43. The molecular formula is C10H10BrF2NO2.